The van der Waals surface area contributed by atoms with Gasteiger partial charge in [0.25, 0.3) is 0 Å². The Kier molecular flexibility index (Phi) is 12.1. The predicted molar refractivity (Wildman–Crippen MR) is 124 cm³/mol. The van der Waals surface area contributed by atoms with E-state index in [-0.39, 0.29) is 49.6 Å². The summed E-state index contributed by atoms with van der Waals surface area (Å²) < 4.78 is 10.7. The van der Waals surface area contributed by atoms with Gasteiger partial charge in [-0.15, -0.1) is 12.4 Å². The fraction of sp³-hybridized carbons (Fsp3) is 0.278. The molecule has 32 heavy (non-hydrogen) atoms. The molecule has 0 spiro atoms. The van der Waals surface area contributed by atoms with Crippen LogP contribution in [0.4, 0.5) is 0 Å². The van der Waals surface area contributed by atoms with E-state index in [0.717, 1.165) is 0 Å². The van der Waals surface area contributed by atoms with Crippen LogP contribution in [0.5, 0.6) is 0 Å². The molecule has 0 saturated heterocycles. The van der Waals surface area contributed by atoms with E-state index >= 15 is 0 Å². The Bertz CT molecular complexity index is 1110. The van der Waals surface area contributed by atoms with Crippen molar-refractivity contribution in [1.29, 1.82) is 0 Å². The highest BCUT2D eigenvalue weighted by Gasteiger charge is 2.16. The van der Waals surface area contributed by atoms with Gasteiger partial charge in [-0.25, -0.2) is 24.4 Å². The molecule has 11 nitrogen and oxygen atoms in total. The summed E-state index contributed by atoms with van der Waals surface area (Å²) in [5.74, 6) is -1.17. The molecule has 0 amide bonds. The minimum atomic E-state index is -0.591. The van der Waals surface area contributed by atoms with Crippen molar-refractivity contribution in [3.8, 4) is 0 Å². The quantitative estimate of drug-likeness (QED) is 0.322. The third-order valence-corrected chi connectivity index (χ3v) is 3.84. The number of ether oxygens (including phenoxy) is 2. The number of aromatic amines is 1. The first-order chi connectivity index (χ1) is 14.3. The number of rotatable bonds is 4. The highest BCUT2D eigenvalue weighted by Crippen LogP contribution is 2.10. The smallest absolute Gasteiger partial charge is 0.357 e. The highest BCUT2D eigenvalue weighted by molar-refractivity contribution is 6.30. The van der Waals surface area contributed by atoms with Crippen LogP contribution in [-0.4, -0.2) is 45.7 Å². The summed E-state index contributed by atoms with van der Waals surface area (Å²) in [6.45, 7) is 3.90. The average molecular weight is 510 g/mol. The molecule has 4 N–H and O–H groups in total. The third kappa shape index (κ3) is 7.29. The third-order valence-electron chi connectivity index (χ3n) is 3.44. The maximum absolute atomic E-state index is 11.5. The number of nitrogens with zero attached hydrogens (tertiary/aromatic N) is 3. The molecule has 2 aromatic rings. The second-order valence-corrected chi connectivity index (χ2v) is 6.18. The Hall–Kier alpha value is -3.02. The van der Waals surface area contributed by atoms with Crippen molar-refractivity contribution in [1.82, 2.24) is 19.7 Å². The molecule has 14 heteroatoms. The van der Waals surface area contributed by atoms with E-state index in [0.29, 0.717) is 16.4 Å². The number of aromatic nitrogens is 3. The number of hydrogen-bond acceptors (Lipinski definition) is 9. The largest absolute Gasteiger partial charge is 0.461 e. The lowest BCUT2D eigenvalue weighted by Crippen LogP contribution is -2.24. The van der Waals surface area contributed by atoms with Gasteiger partial charge in [-0.1, -0.05) is 30.6 Å². The van der Waals surface area contributed by atoms with Gasteiger partial charge in [0, 0.05) is 6.20 Å². The van der Waals surface area contributed by atoms with Crippen LogP contribution < -0.4 is 16.7 Å². The fourth-order valence-electron chi connectivity index (χ4n) is 2.14. The summed E-state index contributed by atoms with van der Waals surface area (Å²) in [5.41, 5.74) is 5.83. The van der Waals surface area contributed by atoms with Crippen LogP contribution in [0.2, 0.25) is 5.15 Å². The number of nitrogens with one attached hydrogen (secondary N) is 2. The molecule has 0 unspecified atom stereocenters. The molecule has 176 valence electrons. The summed E-state index contributed by atoms with van der Waals surface area (Å²) in [4.78, 5) is 44.1. The minimum Gasteiger partial charge on any atom is -0.461 e. The van der Waals surface area contributed by atoms with Crippen LogP contribution in [0, 0.1) is 0 Å². The summed E-state index contributed by atoms with van der Waals surface area (Å²) >= 11 is 11.2. The van der Waals surface area contributed by atoms with E-state index in [1.807, 2.05) is 0 Å². The minimum absolute atomic E-state index is 0. The number of halogens is 3. The van der Waals surface area contributed by atoms with Gasteiger partial charge in [0.2, 0.25) is 0 Å². The van der Waals surface area contributed by atoms with E-state index in [1.165, 1.54) is 29.2 Å². The molecule has 1 aliphatic heterocycles. The summed E-state index contributed by atoms with van der Waals surface area (Å²) in [6, 6.07) is 0. The second kappa shape index (κ2) is 13.4. The van der Waals surface area contributed by atoms with E-state index in [1.54, 1.807) is 13.8 Å². The van der Waals surface area contributed by atoms with E-state index in [2.05, 4.69) is 20.3 Å². The molecule has 0 saturated carbocycles. The molecule has 3 rings (SSSR count). The van der Waals surface area contributed by atoms with E-state index in [9.17, 15) is 14.4 Å². The van der Waals surface area contributed by atoms with E-state index < -0.39 is 17.6 Å². The van der Waals surface area contributed by atoms with Gasteiger partial charge in [0.1, 0.15) is 16.0 Å². The van der Waals surface area contributed by atoms with Gasteiger partial charge in [0.05, 0.1) is 43.0 Å². The van der Waals surface area contributed by atoms with Gasteiger partial charge >= 0.3 is 17.6 Å². The Morgan fingerprint density at radius 2 is 1.88 bits per heavy atom. The van der Waals surface area contributed by atoms with Crippen molar-refractivity contribution in [3.63, 3.8) is 0 Å². The number of H-pyrrole nitrogens is 1. The molecule has 2 aromatic heterocycles. The van der Waals surface area contributed by atoms with Crippen molar-refractivity contribution >= 4 is 59.3 Å². The average Bonchev–Trinajstić information content (AvgIpc) is 3.05. The van der Waals surface area contributed by atoms with Crippen LogP contribution in [0.15, 0.2) is 44.9 Å². The number of nitrogens with two attached hydrogens (primary N) is 1. The molecule has 3 heterocycles. The van der Waals surface area contributed by atoms with Crippen molar-refractivity contribution in [2.75, 3.05) is 13.2 Å². The van der Waals surface area contributed by atoms with Gasteiger partial charge in [-0.3, -0.25) is 9.38 Å². The zero-order valence-electron chi connectivity index (χ0n) is 16.3. The molecular weight excluding hydrogens is 487 g/mol. The molecular formula is C18H23Cl3N6O5. The monoisotopic (exact) mass is 508 g/mol. The number of carbonyl (C=O) groups is 2. The number of aliphatic imine (C=N–C) groups is 1. The molecule has 1 aliphatic rings. The van der Waals surface area contributed by atoms with Crippen LogP contribution >= 0.6 is 35.6 Å². The van der Waals surface area contributed by atoms with E-state index in [4.69, 9.17) is 38.4 Å². The van der Waals surface area contributed by atoms with Crippen LogP contribution in [0.25, 0.3) is 5.52 Å². The Morgan fingerprint density at radius 1 is 1.22 bits per heavy atom. The fourth-order valence-corrected chi connectivity index (χ4v) is 2.39. The Balaban J connectivity index is 0.000000570. The van der Waals surface area contributed by atoms with Crippen molar-refractivity contribution in [2.45, 2.75) is 21.3 Å². The topological polar surface area (TPSA) is 153 Å². The standard InChI is InChI=1S/C9H8ClN3O3.C8H10ClN3O2.CH4.ClH/c1-2-16-8(14)7-5-3-11-6(10)4-13(5)9(15)12-7;1-2-14-8(13)7(10)5-3-12-6(9)4-11-5;;/h3-4H,2H2,1H3,(H,12,15);3-4,11H,2,10H2,1H3;1H4;1H/b;7-5-;;. The zero-order valence-corrected chi connectivity index (χ0v) is 18.7. The van der Waals surface area contributed by atoms with Crippen molar-refractivity contribution in [2.24, 2.45) is 10.7 Å². The van der Waals surface area contributed by atoms with Crippen LogP contribution in [0.3, 0.4) is 0 Å². The second-order valence-electron chi connectivity index (χ2n) is 5.41. The molecule has 0 aromatic carbocycles. The number of imidazole rings is 1. The zero-order chi connectivity index (χ0) is 22.3. The molecule has 0 atom stereocenters. The summed E-state index contributed by atoms with van der Waals surface area (Å²) in [7, 11) is 0. The molecule has 0 bridgehead atoms. The highest BCUT2D eigenvalue weighted by atomic mass is 35.5. The number of hydrogen-bond donors (Lipinski definition) is 3. The first-order valence-electron chi connectivity index (χ1n) is 8.54. The van der Waals surface area contributed by atoms with Gasteiger partial charge in [0.15, 0.2) is 5.69 Å². The van der Waals surface area contributed by atoms with Gasteiger partial charge < -0.3 is 20.5 Å². The van der Waals surface area contributed by atoms with Gasteiger partial charge in [-0.2, -0.15) is 0 Å². The number of allylic oxidation sites excluding steroid dienone is 1. The number of esters is 2. The lowest BCUT2D eigenvalue weighted by molar-refractivity contribution is -0.138. The number of fused-ring (bicyclic) bond motifs is 1. The number of carbonyl (C=O) groups excluding carboxylic acids is 2. The maximum atomic E-state index is 11.5. The molecule has 0 fully saturated rings. The van der Waals surface area contributed by atoms with Crippen LogP contribution in [-0.2, 0) is 14.3 Å². The van der Waals surface area contributed by atoms with Gasteiger partial charge in [-0.05, 0) is 13.8 Å². The lowest BCUT2D eigenvalue weighted by atomic mass is 10.3. The van der Waals surface area contributed by atoms with Crippen LogP contribution in [0.1, 0.15) is 31.8 Å². The molecule has 0 radical (unpaired) electrons. The summed E-state index contributed by atoms with van der Waals surface area (Å²) in [5, 5.41) is 3.19. The lowest BCUT2D eigenvalue weighted by Gasteiger charge is -2.09. The van der Waals surface area contributed by atoms with Crippen molar-refractivity contribution < 1.29 is 19.1 Å². The Morgan fingerprint density at radius 3 is 2.44 bits per heavy atom. The summed E-state index contributed by atoms with van der Waals surface area (Å²) in [6.07, 6.45) is 5.47. The predicted octanol–water partition coefficient (Wildman–Crippen LogP) is 2.34. The SMILES string of the molecule is C.CCOC(=O)/C(N)=C1\C=NC(Cl)=CN1.CCOC(=O)c1[nH]c(=O)n2cc(Cl)ncc12.Cl. The Labute approximate surface area is 199 Å². The first-order valence-corrected chi connectivity index (χ1v) is 9.30. The normalized spacial score (nSPS) is 13.3. The first kappa shape index (κ1) is 29.0. The maximum Gasteiger partial charge on any atom is 0.357 e. The molecule has 0 aliphatic carbocycles. The van der Waals surface area contributed by atoms with Crippen molar-refractivity contribution in [3.05, 3.63) is 56.5 Å².